The average molecular weight is 460 g/mol. The SMILES string of the molecule is CCC(=N\Nc1ccc([N+](=O)[O-])cc1[N+](=O)[O-])/C(C)=N/Nc1ccc([N+](=O)[O-])cc1[N+](=O)[O-]. The fourth-order valence-corrected chi connectivity index (χ4v) is 2.51. The number of rotatable bonds is 10. The average Bonchev–Trinajstić information content (AvgIpc) is 2.77. The molecule has 172 valence electrons. The molecule has 0 heterocycles. The number of non-ortho nitro benzene ring substituents is 2. The number of benzene rings is 2. The predicted molar refractivity (Wildman–Crippen MR) is 118 cm³/mol. The number of anilines is 2. The minimum atomic E-state index is -0.801. The minimum Gasteiger partial charge on any atom is -0.271 e. The topological polar surface area (TPSA) is 221 Å². The third-order valence-corrected chi connectivity index (χ3v) is 4.19. The van der Waals surface area contributed by atoms with Crippen molar-refractivity contribution in [1.29, 1.82) is 0 Å². The molecule has 0 aliphatic carbocycles. The van der Waals surface area contributed by atoms with Crippen molar-refractivity contribution in [2.75, 3.05) is 10.9 Å². The molecule has 2 aromatic carbocycles. The van der Waals surface area contributed by atoms with Crippen LogP contribution in [0.4, 0.5) is 34.1 Å². The second kappa shape index (κ2) is 10.3. The number of nitrogens with one attached hydrogen (secondary N) is 2. The molecule has 2 rings (SSSR count). The first-order valence-electron chi connectivity index (χ1n) is 9.04. The molecule has 0 saturated carbocycles. The summed E-state index contributed by atoms with van der Waals surface area (Å²) in [6.45, 7) is 3.22. The molecule has 0 aliphatic rings. The highest BCUT2D eigenvalue weighted by molar-refractivity contribution is 6.41. The van der Waals surface area contributed by atoms with Crippen LogP contribution in [0.5, 0.6) is 0 Å². The van der Waals surface area contributed by atoms with Crippen LogP contribution in [0.1, 0.15) is 20.3 Å². The van der Waals surface area contributed by atoms with E-state index in [9.17, 15) is 40.5 Å². The molecule has 33 heavy (non-hydrogen) atoms. The Morgan fingerprint density at radius 2 is 1.18 bits per heavy atom. The summed E-state index contributed by atoms with van der Waals surface area (Å²) in [4.78, 5) is 41.0. The molecule has 2 aromatic rings. The molecular formula is C17H16N8O8. The Labute approximate surface area is 184 Å². The van der Waals surface area contributed by atoms with Gasteiger partial charge in [-0.15, -0.1) is 0 Å². The number of nitro benzene ring substituents is 4. The van der Waals surface area contributed by atoms with Gasteiger partial charge in [-0.2, -0.15) is 10.2 Å². The third kappa shape index (κ3) is 6.00. The van der Waals surface area contributed by atoms with E-state index in [1.807, 2.05) is 0 Å². The summed E-state index contributed by atoms with van der Waals surface area (Å²) in [7, 11) is 0. The number of hydrazone groups is 2. The van der Waals surface area contributed by atoms with E-state index in [4.69, 9.17) is 0 Å². The van der Waals surface area contributed by atoms with Gasteiger partial charge in [0.25, 0.3) is 11.4 Å². The molecule has 0 saturated heterocycles. The van der Waals surface area contributed by atoms with Crippen molar-refractivity contribution in [3.63, 3.8) is 0 Å². The van der Waals surface area contributed by atoms with Gasteiger partial charge in [0.15, 0.2) is 0 Å². The Balaban J connectivity index is 2.29. The van der Waals surface area contributed by atoms with Gasteiger partial charge >= 0.3 is 11.4 Å². The Morgan fingerprint density at radius 3 is 1.55 bits per heavy atom. The van der Waals surface area contributed by atoms with Crippen LogP contribution in [-0.4, -0.2) is 31.1 Å². The van der Waals surface area contributed by atoms with Crippen LogP contribution in [0.2, 0.25) is 0 Å². The Kier molecular flexibility index (Phi) is 7.59. The molecule has 16 nitrogen and oxygen atoms in total. The zero-order chi connectivity index (χ0) is 24.7. The number of hydrogen-bond acceptors (Lipinski definition) is 12. The zero-order valence-electron chi connectivity index (χ0n) is 17.1. The summed E-state index contributed by atoms with van der Waals surface area (Å²) in [5, 5.41) is 52.1. The lowest BCUT2D eigenvalue weighted by Crippen LogP contribution is -2.14. The summed E-state index contributed by atoms with van der Waals surface area (Å²) in [6.07, 6.45) is 0.299. The molecule has 0 amide bonds. The van der Waals surface area contributed by atoms with Crippen molar-refractivity contribution < 1.29 is 19.7 Å². The highest BCUT2D eigenvalue weighted by Crippen LogP contribution is 2.30. The summed E-state index contributed by atoms with van der Waals surface area (Å²) < 4.78 is 0. The first-order valence-corrected chi connectivity index (χ1v) is 9.04. The van der Waals surface area contributed by atoms with Crippen molar-refractivity contribution in [1.82, 2.24) is 0 Å². The van der Waals surface area contributed by atoms with Crippen molar-refractivity contribution in [3.05, 3.63) is 76.9 Å². The minimum absolute atomic E-state index is 0.0942. The summed E-state index contributed by atoms with van der Waals surface area (Å²) >= 11 is 0. The van der Waals surface area contributed by atoms with Crippen LogP contribution < -0.4 is 10.9 Å². The number of nitro groups is 4. The van der Waals surface area contributed by atoms with Gasteiger partial charge in [-0.1, -0.05) is 6.92 Å². The fraction of sp³-hybridized carbons (Fsp3) is 0.176. The van der Waals surface area contributed by atoms with Crippen molar-refractivity contribution in [3.8, 4) is 0 Å². The lowest BCUT2D eigenvalue weighted by atomic mass is 10.2. The Morgan fingerprint density at radius 1 is 0.758 bits per heavy atom. The summed E-state index contributed by atoms with van der Waals surface area (Å²) in [5.74, 6) is 0. The van der Waals surface area contributed by atoms with E-state index in [2.05, 4.69) is 21.1 Å². The highest BCUT2D eigenvalue weighted by Gasteiger charge is 2.21. The van der Waals surface area contributed by atoms with E-state index in [0.717, 1.165) is 36.4 Å². The van der Waals surface area contributed by atoms with Gasteiger partial charge in [0.2, 0.25) is 0 Å². The maximum atomic E-state index is 11.2. The third-order valence-electron chi connectivity index (χ3n) is 4.19. The standard InChI is InChI=1S/C17H16N8O8/c1-3-13(19-21-15-7-5-12(23(28)29)9-17(15)25(32)33)10(2)18-20-14-6-4-11(22(26)27)8-16(14)24(30)31/h4-9,20-21H,3H2,1-2H3/b18-10+,19-13+. The van der Waals surface area contributed by atoms with Gasteiger partial charge in [-0.25, -0.2) is 0 Å². The Bertz CT molecular complexity index is 1190. The first-order chi connectivity index (χ1) is 15.5. The second-order valence-corrected chi connectivity index (χ2v) is 6.26. The van der Waals surface area contributed by atoms with Crippen LogP contribution in [0.3, 0.4) is 0 Å². The van der Waals surface area contributed by atoms with Gasteiger partial charge in [-0.3, -0.25) is 51.3 Å². The number of hydrogen-bond donors (Lipinski definition) is 2. The quantitative estimate of drug-likeness (QED) is 0.294. The highest BCUT2D eigenvalue weighted by atomic mass is 16.6. The Hall–Kier alpha value is -5.02. The molecule has 0 spiro atoms. The molecule has 0 unspecified atom stereocenters. The monoisotopic (exact) mass is 460 g/mol. The van der Waals surface area contributed by atoms with Gasteiger partial charge in [0.05, 0.1) is 43.2 Å². The first kappa shape index (κ1) is 24.3. The van der Waals surface area contributed by atoms with Crippen molar-refractivity contribution in [2.24, 2.45) is 10.2 Å². The van der Waals surface area contributed by atoms with Crippen LogP contribution in [-0.2, 0) is 0 Å². The van der Waals surface area contributed by atoms with E-state index in [0.29, 0.717) is 12.1 Å². The van der Waals surface area contributed by atoms with Gasteiger partial charge in [-0.05, 0) is 25.5 Å². The largest absolute Gasteiger partial charge is 0.301 e. The molecular weight excluding hydrogens is 444 g/mol. The van der Waals surface area contributed by atoms with Crippen molar-refractivity contribution >= 4 is 45.5 Å². The van der Waals surface area contributed by atoms with Crippen molar-refractivity contribution in [2.45, 2.75) is 20.3 Å². The van der Waals surface area contributed by atoms with E-state index in [1.54, 1.807) is 6.92 Å². The summed E-state index contributed by atoms with van der Waals surface area (Å²) in [6, 6.07) is 6.00. The van der Waals surface area contributed by atoms with Gasteiger partial charge < -0.3 is 0 Å². The molecule has 0 bridgehead atoms. The van der Waals surface area contributed by atoms with E-state index in [-0.39, 0.29) is 17.1 Å². The molecule has 2 N–H and O–H groups in total. The zero-order valence-corrected chi connectivity index (χ0v) is 17.1. The van der Waals surface area contributed by atoms with Gasteiger partial charge in [0, 0.05) is 12.1 Å². The molecule has 16 heteroatoms. The normalized spacial score (nSPS) is 11.6. The maximum Gasteiger partial charge on any atom is 0.301 e. The number of nitrogens with zero attached hydrogens (tertiary/aromatic N) is 6. The molecule has 0 aliphatic heterocycles. The van der Waals surface area contributed by atoms with E-state index in [1.165, 1.54) is 6.92 Å². The van der Waals surface area contributed by atoms with Crippen LogP contribution in [0, 0.1) is 40.5 Å². The predicted octanol–water partition coefficient (Wildman–Crippen LogP) is 3.99. The second-order valence-electron chi connectivity index (χ2n) is 6.26. The fourth-order valence-electron chi connectivity index (χ4n) is 2.51. The maximum absolute atomic E-state index is 11.2. The lowest BCUT2D eigenvalue weighted by Gasteiger charge is -2.07. The van der Waals surface area contributed by atoms with E-state index < -0.39 is 42.4 Å². The lowest BCUT2D eigenvalue weighted by molar-refractivity contribution is -0.393. The van der Waals surface area contributed by atoms with Gasteiger partial charge in [0.1, 0.15) is 11.4 Å². The molecule has 0 atom stereocenters. The van der Waals surface area contributed by atoms with Crippen LogP contribution in [0.15, 0.2) is 46.6 Å². The van der Waals surface area contributed by atoms with Crippen LogP contribution in [0.25, 0.3) is 0 Å². The molecule has 0 aromatic heterocycles. The van der Waals surface area contributed by atoms with Crippen LogP contribution >= 0.6 is 0 Å². The van der Waals surface area contributed by atoms with E-state index >= 15 is 0 Å². The molecule has 0 radical (unpaired) electrons. The molecule has 0 fully saturated rings. The summed E-state index contributed by atoms with van der Waals surface area (Å²) in [5.41, 5.74) is 3.25. The smallest absolute Gasteiger partial charge is 0.271 e.